The summed E-state index contributed by atoms with van der Waals surface area (Å²) >= 11 is 0. The van der Waals surface area contributed by atoms with Gasteiger partial charge in [-0.15, -0.1) is 0 Å². The van der Waals surface area contributed by atoms with Crippen molar-refractivity contribution in [3.8, 4) is 5.75 Å². The third-order valence-electron chi connectivity index (χ3n) is 1.26. The Kier molecular flexibility index (Phi) is 4.29. The van der Waals surface area contributed by atoms with Gasteiger partial charge in [0.25, 0.3) is 5.69 Å². The summed E-state index contributed by atoms with van der Waals surface area (Å²) in [4.78, 5) is 9.54. The average molecular weight is 184 g/mol. The molecule has 0 aliphatic heterocycles. The van der Waals surface area contributed by atoms with Crippen LogP contribution in [0.3, 0.4) is 0 Å². The number of para-hydroxylation sites is 1. The number of benzene rings is 1. The SMILES string of the molecule is CC.Nc1c(O)cccc1[N+](=O)[O-]. The first-order chi connectivity index (χ1) is 6.13. The molecule has 0 aromatic heterocycles. The second kappa shape index (κ2) is 4.97. The number of rotatable bonds is 1. The highest BCUT2D eigenvalue weighted by Crippen LogP contribution is 2.29. The van der Waals surface area contributed by atoms with Crippen LogP contribution in [0.5, 0.6) is 5.75 Å². The first-order valence-electron chi connectivity index (χ1n) is 3.85. The van der Waals surface area contributed by atoms with Crippen LogP contribution in [-0.4, -0.2) is 10.0 Å². The number of nitrogens with zero attached hydrogens (tertiary/aromatic N) is 1. The van der Waals surface area contributed by atoms with E-state index < -0.39 is 4.92 Å². The van der Waals surface area contributed by atoms with Crippen LogP contribution in [0.25, 0.3) is 0 Å². The maximum Gasteiger partial charge on any atom is 0.295 e. The van der Waals surface area contributed by atoms with Crippen LogP contribution >= 0.6 is 0 Å². The number of hydrogen-bond donors (Lipinski definition) is 2. The Bertz CT molecular complexity index is 299. The summed E-state index contributed by atoms with van der Waals surface area (Å²) in [5.74, 6) is -0.265. The number of nitrogens with two attached hydrogens (primary N) is 1. The number of phenols is 1. The standard InChI is InChI=1S/C6H6N2O3.C2H6/c7-6-4(8(10)11)2-1-3-5(6)9;1-2/h1-3,9H,7H2;1-2H3. The minimum absolute atomic E-state index is 0.197. The van der Waals surface area contributed by atoms with E-state index >= 15 is 0 Å². The Morgan fingerprint density at radius 1 is 1.46 bits per heavy atom. The molecule has 5 heteroatoms. The molecule has 0 spiro atoms. The van der Waals surface area contributed by atoms with Crippen molar-refractivity contribution in [2.45, 2.75) is 13.8 Å². The molecule has 3 N–H and O–H groups in total. The molecule has 0 fully saturated rings. The predicted molar refractivity (Wildman–Crippen MR) is 50.5 cm³/mol. The van der Waals surface area contributed by atoms with Crippen molar-refractivity contribution in [3.63, 3.8) is 0 Å². The Labute approximate surface area is 76.0 Å². The second-order valence-corrected chi connectivity index (χ2v) is 1.97. The monoisotopic (exact) mass is 184 g/mol. The normalized spacial score (nSPS) is 8.46. The lowest BCUT2D eigenvalue weighted by atomic mass is 10.2. The third kappa shape index (κ3) is 2.62. The molecule has 0 amide bonds. The predicted octanol–water partition coefficient (Wildman–Crippen LogP) is 1.91. The summed E-state index contributed by atoms with van der Waals surface area (Å²) < 4.78 is 0. The number of phenolic OH excluding ortho intramolecular Hbond substituents is 1. The fourth-order valence-electron chi connectivity index (χ4n) is 0.700. The van der Waals surface area contributed by atoms with Gasteiger partial charge in [0.1, 0.15) is 5.75 Å². The molecule has 0 heterocycles. The quantitative estimate of drug-likeness (QED) is 0.302. The van der Waals surface area contributed by atoms with Crippen molar-refractivity contribution in [2.75, 3.05) is 5.73 Å². The summed E-state index contributed by atoms with van der Waals surface area (Å²) in [5, 5.41) is 19.1. The minimum atomic E-state index is -0.644. The van der Waals surface area contributed by atoms with Crippen molar-refractivity contribution in [1.82, 2.24) is 0 Å². The number of aromatic hydroxyl groups is 1. The van der Waals surface area contributed by atoms with Crippen LogP contribution in [0.4, 0.5) is 11.4 Å². The first-order valence-corrected chi connectivity index (χ1v) is 3.85. The second-order valence-electron chi connectivity index (χ2n) is 1.97. The molecule has 1 aromatic carbocycles. The highest BCUT2D eigenvalue weighted by atomic mass is 16.6. The molecule has 0 bridgehead atoms. The molecule has 0 unspecified atom stereocenters. The van der Waals surface area contributed by atoms with E-state index in [-0.39, 0.29) is 17.1 Å². The summed E-state index contributed by atoms with van der Waals surface area (Å²) in [5.41, 5.74) is 4.72. The summed E-state index contributed by atoms with van der Waals surface area (Å²) in [7, 11) is 0. The van der Waals surface area contributed by atoms with E-state index in [1.165, 1.54) is 18.2 Å². The van der Waals surface area contributed by atoms with Crippen molar-refractivity contribution in [3.05, 3.63) is 28.3 Å². The molecule has 0 aliphatic carbocycles. The zero-order chi connectivity index (χ0) is 10.4. The lowest BCUT2D eigenvalue weighted by molar-refractivity contribution is -0.384. The van der Waals surface area contributed by atoms with Gasteiger partial charge in [0.15, 0.2) is 5.69 Å². The van der Waals surface area contributed by atoms with Crippen LogP contribution in [0, 0.1) is 10.1 Å². The van der Waals surface area contributed by atoms with E-state index in [0.717, 1.165) is 0 Å². The van der Waals surface area contributed by atoms with Crippen molar-refractivity contribution in [2.24, 2.45) is 0 Å². The van der Waals surface area contributed by atoms with Crippen LogP contribution in [0.2, 0.25) is 0 Å². The van der Waals surface area contributed by atoms with Crippen molar-refractivity contribution < 1.29 is 10.0 Å². The van der Waals surface area contributed by atoms with Crippen molar-refractivity contribution in [1.29, 1.82) is 0 Å². The summed E-state index contributed by atoms with van der Waals surface area (Å²) in [6.07, 6.45) is 0. The molecule has 72 valence electrons. The smallest absolute Gasteiger partial charge is 0.295 e. The Morgan fingerprint density at radius 2 is 2.00 bits per heavy atom. The number of nitro groups is 1. The molecule has 0 saturated heterocycles. The molecule has 0 radical (unpaired) electrons. The van der Waals surface area contributed by atoms with Gasteiger partial charge in [-0.25, -0.2) is 0 Å². The summed E-state index contributed by atoms with van der Waals surface area (Å²) in [6.45, 7) is 4.00. The summed E-state index contributed by atoms with van der Waals surface area (Å²) in [6, 6.07) is 3.89. The zero-order valence-electron chi connectivity index (χ0n) is 7.52. The van der Waals surface area contributed by atoms with E-state index in [9.17, 15) is 10.1 Å². The van der Waals surface area contributed by atoms with Gasteiger partial charge < -0.3 is 10.8 Å². The van der Waals surface area contributed by atoms with Crippen LogP contribution in [0.15, 0.2) is 18.2 Å². The molecule has 5 nitrogen and oxygen atoms in total. The Hall–Kier alpha value is -1.78. The first kappa shape index (κ1) is 11.2. The highest BCUT2D eigenvalue weighted by molar-refractivity contribution is 5.65. The fraction of sp³-hybridized carbons (Fsp3) is 0.250. The molecule has 0 atom stereocenters. The highest BCUT2D eigenvalue weighted by Gasteiger charge is 2.12. The van der Waals surface area contributed by atoms with Crippen LogP contribution in [-0.2, 0) is 0 Å². The molecule has 0 aliphatic rings. The van der Waals surface area contributed by atoms with Gasteiger partial charge >= 0.3 is 0 Å². The van der Waals surface area contributed by atoms with E-state index in [1.807, 2.05) is 13.8 Å². The van der Waals surface area contributed by atoms with E-state index in [1.54, 1.807) is 0 Å². The zero-order valence-corrected chi connectivity index (χ0v) is 7.52. The van der Waals surface area contributed by atoms with Gasteiger partial charge in [0.05, 0.1) is 4.92 Å². The van der Waals surface area contributed by atoms with Gasteiger partial charge in [-0.3, -0.25) is 10.1 Å². The van der Waals surface area contributed by atoms with Crippen molar-refractivity contribution >= 4 is 11.4 Å². The molecule has 1 aromatic rings. The van der Waals surface area contributed by atoms with Gasteiger partial charge in [0, 0.05) is 6.07 Å². The van der Waals surface area contributed by atoms with Gasteiger partial charge in [-0.2, -0.15) is 0 Å². The molecule has 13 heavy (non-hydrogen) atoms. The van der Waals surface area contributed by atoms with Gasteiger partial charge in [0.2, 0.25) is 0 Å². The Morgan fingerprint density at radius 3 is 2.38 bits per heavy atom. The molecule has 1 rings (SSSR count). The Balaban J connectivity index is 0.000000671. The van der Waals surface area contributed by atoms with E-state index in [0.29, 0.717) is 0 Å². The minimum Gasteiger partial charge on any atom is -0.506 e. The molecular weight excluding hydrogens is 172 g/mol. The topological polar surface area (TPSA) is 89.4 Å². The van der Waals surface area contributed by atoms with Crippen LogP contribution < -0.4 is 5.73 Å². The van der Waals surface area contributed by atoms with Gasteiger partial charge in [-0.05, 0) is 6.07 Å². The number of hydrogen-bond acceptors (Lipinski definition) is 4. The number of nitro benzene ring substituents is 1. The van der Waals surface area contributed by atoms with Gasteiger partial charge in [-0.1, -0.05) is 19.9 Å². The number of anilines is 1. The largest absolute Gasteiger partial charge is 0.506 e. The molecular formula is C8H12N2O3. The molecule has 0 saturated carbocycles. The maximum atomic E-state index is 10.2. The maximum absolute atomic E-state index is 10.2. The fourth-order valence-corrected chi connectivity index (χ4v) is 0.700. The van der Waals surface area contributed by atoms with Crippen LogP contribution in [0.1, 0.15) is 13.8 Å². The average Bonchev–Trinajstić information content (AvgIpc) is 2.13. The lowest BCUT2D eigenvalue weighted by Gasteiger charge is -1.97. The van der Waals surface area contributed by atoms with E-state index in [4.69, 9.17) is 10.8 Å². The lowest BCUT2D eigenvalue weighted by Crippen LogP contribution is -1.94. The third-order valence-corrected chi connectivity index (χ3v) is 1.26. The van der Waals surface area contributed by atoms with E-state index in [2.05, 4.69) is 0 Å². The number of nitrogen functional groups attached to an aromatic ring is 1.